The van der Waals surface area contributed by atoms with Gasteiger partial charge >= 0.3 is 0 Å². The first-order valence-corrected chi connectivity index (χ1v) is 7.32. The van der Waals surface area contributed by atoms with Crippen LogP contribution in [0.25, 0.3) is 0 Å². The molecule has 2 nitrogen and oxygen atoms in total. The van der Waals surface area contributed by atoms with Crippen molar-refractivity contribution in [2.24, 2.45) is 4.99 Å². The summed E-state index contributed by atoms with van der Waals surface area (Å²) in [5, 5.41) is 0. The molecule has 0 aromatic heterocycles. The Bertz CT molecular complexity index is 742. The highest BCUT2D eigenvalue weighted by molar-refractivity contribution is 5.81. The fourth-order valence-corrected chi connectivity index (χ4v) is 2.26. The van der Waals surface area contributed by atoms with Crippen molar-refractivity contribution in [2.45, 2.75) is 6.42 Å². The van der Waals surface area contributed by atoms with Crippen LogP contribution in [0.4, 0.5) is 11.4 Å². The minimum atomic E-state index is 0.800. The first-order chi connectivity index (χ1) is 10.8. The van der Waals surface area contributed by atoms with Gasteiger partial charge in [0, 0.05) is 11.9 Å². The summed E-state index contributed by atoms with van der Waals surface area (Å²) in [6.07, 6.45) is 2.79. The third-order valence-electron chi connectivity index (χ3n) is 3.49. The summed E-state index contributed by atoms with van der Waals surface area (Å²) in [6, 6.07) is 26.4. The van der Waals surface area contributed by atoms with Gasteiger partial charge in [0.25, 0.3) is 0 Å². The molecule has 0 aliphatic rings. The van der Waals surface area contributed by atoms with Gasteiger partial charge in [-0.2, -0.15) is 0 Å². The molecule has 0 amide bonds. The van der Waals surface area contributed by atoms with E-state index in [9.17, 15) is 0 Å². The molecule has 0 saturated carbocycles. The Labute approximate surface area is 131 Å². The average molecular weight is 286 g/mol. The third kappa shape index (κ3) is 3.83. The number of rotatable bonds is 4. The van der Waals surface area contributed by atoms with Gasteiger partial charge in [-0.15, -0.1) is 0 Å². The molecule has 3 aromatic rings. The maximum absolute atomic E-state index is 5.71. The summed E-state index contributed by atoms with van der Waals surface area (Å²) in [6.45, 7) is 0. The highest BCUT2D eigenvalue weighted by atomic mass is 14.7. The van der Waals surface area contributed by atoms with Crippen molar-refractivity contribution in [1.82, 2.24) is 0 Å². The number of hydrogen-bond donors (Lipinski definition) is 1. The molecule has 0 saturated heterocycles. The second kappa shape index (κ2) is 6.72. The van der Waals surface area contributed by atoms with Crippen molar-refractivity contribution in [3.63, 3.8) is 0 Å². The van der Waals surface area contributed by atoms with Crippen LogP contribution in [0.2, 0.25) is 0 Å². The van der Waals surface area contributed by atoms with Crippen LogP contribution < -0.4 is 5.73 Å². The van der Waals surface area contributed by atoms with E-state index < -0.39 is 0 Å². The van der Waals surface area contributed by atoms with Crippen LogP contribution in [0.15, 0.2) is 83.9 Å². The molecule has 108 valence electrons. The van der Waals surface area contributed by atoms with Gasteiger partial charge in [-0.05, 0) is 47.4 Å². The van der Waals surface area contributed by atoms with E-state index in [4.69, 9.17) is 5.73 Å². The number of nitrogens with two attached hydrogens (primary N) is 1. The quantitative estimate of drug-likeness (QED) is 0.552. The summed E-state index contributed by atoms with van der Waals surface area (Å²) in [4.78, 5) is 4.49. The maximum atomic E-state index is 5.71. The number of nitrogen functional groups attached to an aromatic ring is 1. The standard InChI is InChI=1S/C20H18N2/c21-19-10-6-16(7-11-19)14-17-8-12-20(13-9-17)22-15-18-4-2-1-3-5-18/h1-13,15H,14,21H2. The Balaban J connectivity index is 1.67. The summed E-state index contributed by atoms with van der Waals surface area (Å²) in [5.74, 6) is 0. The second-order valence-corrected chi connectivity index (χ2v) is 5.25. The largest absolute Gasteiger partial charge is 0.399 e. The van der Waals surface area contributed by atoms with E-state index in [0.717, 1.165) is 23.4 Å². The van der Waals surface area contributed by atoms with Crippen LogP contribution in [-0.4, -0.2) is 6.21 Å². The monoisotopic (exact) mass is 286 g/mol. The van der Waals surface area contributed by atoms with Crippen LogP contribution in [0.5, 0.6) is 0 Å². The number of benzene rings is 3. The van der Waals surface area contributed by atoms with Crippen molar-refractivity contribution in [3.8, 4) is 0 Å². The van der Waals surface area contributed by atoms with E-state index in [1.54, 1.807) is 0 Å². The highest BCUT2D eigenvalue weighted by Crippen LogP contribution is 2.16. The highest BCUT2D eigenvalue weighted by Gasteiger charge is 1.97. The Morgan fingerprint density at radius 1 is 0.727 bits per heavy atom. The molecule has 0 aliphatic heterocycles. The van der Waals surface area contributed by atoms with Crippen LogP contribution in [-0.2, 0) is 6.42 Å². The molecular weight excluding hydrogens is 268 g/mol. The Morgan fingerprint density at radius 2 is 1.32 bits per heavy atom. The van der Waals surface area contributed by atoms with Crippen molar-refractivity contribution >= 4 is 17.6 Å². The Hall–Kier alpha value is -2.87. The fraction of sp³-hybridized carbons (Fsp3) is 0.0500. The van der Waals surface area contributed by atoms with E-state index in [1.807, 2.05) is 60.8 Å². The van der Waals surface area contributed by atoms with Gasteiger partial charge < -0.3 is 5.73 Å². The molecule has 22 heavy (non-hydrogen) atoms. The van der Waals surface area contributed by atoms with E-state index >= 15 is 0 Å². The molecule has 2 heteroatoms. The van der Waals surface area contributed by atoms with Gasteiger partial charge in [-0.25, -0.2) is 0 Å². The number of anilines is 1. The number of aliphatic imine (C=N–C) groups is 1. The molecular formula is C20H18N2. The number of hydrogen-bond acceptors (Lipinski definition) is 2. The SMILES string of the molecule is Nc1ccc(Cc2ccc(N=Cc3ccccc3)cc2)cc1. The van der Waals surface area contributed by atoms with E-state index in [1.165, 1.54) is 11.1 Å². The molecule has 0 radical (unpaired) electrons. The lowest BCUT2D eigenvalue weighted by molar-refractivity contribution is 1.19. The Kier molecular flexibility index (Phi) is 4.30. The zero-order valence-electron chi connectivity index (χ0n) is 12.3. The zero-order chi connectivity index (χ0) is 15.2. The first kappa shape index (κ1) is 14.1. The Morgan fingerprint density at radius 3 is 1.95 bits per heavy atom. The lowest BCUT2D eigenvalue weighted by Gasteiger charge is -2.03. The van der Waals surface area contributed by atoms with Crippen LogP contribution >= 0.6 is 0 Å². The molecule has 0 spiro atoms. The minimum Gasteiger partial charge on any atom is -0.399 e. The van der Waals surface area contributed by atoms with E-state index in [0.29, 0.717) is 0 Å². The van der Waals surface area contributed by atoms with E-state index in [2.05, 4.69) is 29.3 Å². The first-order valence-electron chi connectivity index (χ1n) is 7.32. The summed E-state index contributed by atoms with van der Waals surface area (Å²) in [7, 11) is 0. The van der Waals surface area contributed by atoms with Crippen LogP contribution in [0.3, 0.4) is 0 Å². The zero-order valence-corrected chi connectivity index (χ0v) is 12.3. The van der Waals surface area contributed by atoms with Gasteiger partial charge in [-0.3, -0.25) is 4.99 Å². The summed E-state index contributed by atoms with van der Waals surface area (Å²) >= 11 is 0. The average Bonchev–Trinajstić information content (AvgIpc) is 2.57. The molecule has 0 fully saturated rings. The molecule has 2 N–H and O–H groups in total. The van der Waals surface area contributed by atoms with Gasteiger partial charge in [0.1, 0.15) is 0 Å². The molecule has 0 atom stereocenters. The summed E-state index contributed by atoms with van der Waals surface area (Å²) in [5.41, 5.74) is 11.1. The summed E-state index contributed by atoms with van der Waals surface area (Å²) < 4.78 is 0. The fourth-order valence-electron chi connectivity index (χ4n) is 2.26. The predicted molar refractivity (Wildman–Crippen MR) is 93.8 cm³/mol. The van der Waals surface area contributed by atoms with Crippen molar-refractivity contribution in [3.05, 3.63) is 95.6 Å². The second-order valence-electron chi connectivity index (χ2n) is 5.25. The molecule has 3 aromatic carbocycles. The third-order valence-corrected chi connectivity index (χ3v) is 3.49. The van der Waals surface area contributed by atoms with Crippen LogP contribution in [0.1, 0.15) is 16.7 Å². The van der Waals surface area contributed by atoms with Crippen molar-refractivity contribution in [1.29, 1.82) is 0 Å². The van der Waals surface area contributed by atoms with Gasteiger partial charge in [0.2, 0.25) is 0 Å². The van der Waals surface area contributed by atoms with Crippen molar-refractivity contribution < 1.29 is 0 Å². The molecule has 3 rings (SSSR count). The lowest BCUT2D eigenvalue weighted by atomic mass is 10.0. The van der Waals surface area contributed by atoms with E-state index in [-0.39, 0.29) is 0 Å². The molecule has 0 aliphatic carbocycles. The van der Waals surface area contributed by atoms with Crippen molar-refractivity contribution in [2.75, 3.05) is 5.73 Å². The van der Waals surface area contributed by atoms with Gasteiger partial charge in [0.15, 0.2) is 0 Å². The molecule has 0 heterocycles. The van der Waals surface area contributed by atoms with Crippen LogP contribution in [0, 0.1) is 0 Å². The topological polar surface area (TPSA) is 38.4 Å². The normalized spacial score (nSPS) is 10.9. The minimum absolute atomic E-state index is 0.800. The lowest BCUT2D eigenvalue weighted by Crippen LogP contribution is -1.89. The smallest absolute Gasteiger partial charge is 0.0630 e. The molecule has 0 unspecified atom stereocenters. The van der Waals surface area contributed by atoms with Gasteiger partial charge in [-0.1, -0.05) is 54.6 Å². The maximum Gasteiger partial charge on any atom is 0.0630 e. The van der Waals surface area contributed by atoms with Gasteiger partial charge in [0.05, 0.1) is 5.69 Å². The molecule has 0 bridgehead atoms. The number of nitrogens with zero attached hydrogens (tertiary/aromatic N) is 1. The predicted octanol–water partition coefficient (Wildman–Crippen LogP) is 4.61.